The molecule has 2 fully saturated rings. The summed E-state index contributed by atoms with van der Waals surface area (Å²) >= 11 is 0. The largest absolute Gasteiger partial charge is 0.381 e. The Balaban J connectivity index is 1.38. The maximum absolute atomic E-state index is 12.7. The zero-order valence-corrected chi connectivity index (χ0v) is 19.4. The van der Waals surface area contributed by atoms with E-state index in [0.717, 1.165) is 12.8 Å². The number of aromatic nitrogens is 2. The molecule has 2 aromatic rings. The number of aryl methyl sites for hydroxylation is 2. The van der Waals surface area contributed by atoms with Gasteiger partial charge in [0.25, 0.3) is 10.0 Å². The van der Waals surface area contributed by atoms with Crippen LogP contribution >= 0.6 is 0 Å². The van der Waals surface area contributed by atoms with Gasteiger partial charge in [-0.1, -0.05) is 0 Å². The number of carbonyl (C=O) groups is 2. The highest BCUT2D eigenvalue weighted by Crippen LogP contribution is 2.26. The Morgan fingerprint density at radius 1 is 1.12 bits per heavy atom. The molecular weight excluding hydrogens is 446 g/mol. The standard InChI is InChI=1S/C22H27N5O5S/c1-14-11-20(24-15(2)23-14)26-33(30,31)19-5-3-17(4-6-19)25-22(29)16-12-21(28)27(13-16)18-7-9-32-10-8-18/h3-6,11,16,18H,7-10,12-13H2,1-2H3,(H,25,29)(H,23,24,26). The Morgan fingerprint density at radius 3 is 2.48 bits per heavy atom. The van der Waals surface area contributed by atoms with Crippen molar-refractivity contribution in [3.05, 3.63) is 41.9 Å². The van der Waals surface area contributed by atoms with Crippen molar-refractivity contribution in [1.82, 2.24) is 14.9 Å². The summed E-state index contributed by atoms with van der Waals surface area (Å²) in [4.78, 5) is 35.2. The van der Waals surface area contributed by atoms with Gasteiger partial charge in [0.05, 0.1) is 10.8 Å². The van der Waals surface area contributed by atoms with Crippen LogP contribution in [-0.4, -0.2) is 60.9 Å². The van der Waals surface area contributed by atoms with E-state index in [4.69, 9.17) is 4.74 Å². The highest BCUT2D eigenvalue weighted by molar-refractivity contribution is 7.92. The van der Waals surface area contributed by atoms with Gasteiger partial charge in [0.2, 0.25) is 11.8 Å². The maximum Gasteiger partial charge on any atom is 0.263 e. The molecule has 0 bridgehead atoms. The Labute approximate surface area is 192 Å². The van der Waals surface area contributed by atoms with Crippen LogP contribution < -0.4 is 10.0 Å². The highest BCUT2D eigenvalue weighted by atomic mass is 32.2. The van der Waals surface area contributed by atoms with Crippen molar-refractivity contribution in [1.29, 1.82) is 0 Å². The third-order valence-corrected chi connectivity index (χ3v) is 7.17. The lowest BCUT2D eigenvalue weighted by molar-refractivity contribution is -0.131. The molecule has 176 valence electrons. The second-order valence-corrected chi connectivity index (χ2v) is 10.0. The number of carbonyl (C=O) groups excluding carboxylic acids is 2. The molecule has 0 saturated carbocycles. The second-order valence-electron chi connectivity index (χ2n) is 8.35. The van der Waals surface area contributed by atoms with Crippen LogP contribution in [0.25, 0.3) is 0 Å². The van der Waals surface area contributed by atoms with E-state index >= 15 is 0 Å². The normalized spacial score (nSPS) is 19.5. The molecule has 4 rings (SSSR count). The molecule has 0 radical (unpaired) electrons. The molecule has 33 heavy (non-hydrogen) atoms. The summed E-state index contributed by atoms with van der Waals surface area (Å²) in [7, 11) is -3.85. The van der Waals surface area contributed by atoms with E-state index in [1.807, 2.05) is 0 Å². The predicted octanol–water partition coefficient (Wildman–Crippen LogP) is 1.86. The van der Waals surface area contributed by atoms with Crippen LogP contribution in [0.3, 0.4) is 0 Å². The average molecular weight is 474 g/mol. The Morgan fingerprint density at radius 2 is 1.82 bits per heavy atom. The number of nitrogens with one attached hydrogen (secondary N) is 2. The fourth-order valence-electron chi connectivity index (χ4n) is 4.18. The predicted molar refractivity (Wildman–Crippen MR) is 121 cm³/mol. The van der Waals surface area contributed by atoms with Crippen LogP contribution in [0.4, 0.5) is 11.5 Å². The molecule has 2 saturated heterocycles. The van der Waals surface area contributed by atoms with Crippen LogP contribution in [0.2, 0.25) is 0 Å². The van der Waals surface area contributed by atoms with Crippen LogP contribution in [-0.2, 0) is 24.3 Å². The van der Waals surface area contributed by atoms with Gasteiger partial charge in [-0.05, 0) is 51.0 Å². The van der Waals surface area contributed by atoms with Gasteiger partial charge in [0.15, 0.2) is 0 Å². The summed E-state index contributed by atoms with van der Waals surface area (Å²) in [5.74, 6) is -0.0399. The van der Waals surface area contributed by atoms with Crippen molar-refractivity contribution in [2.45, 2.75) is 44.0 Å². The van der Waals surface area contributed by atoms with Crippen molar-refractivity contribution in [2.75, 3.05) is 29.8 Å². The Bertz CT molecular complexity index is 1130. The SMILES string of the molecule is Cc1cc(NS(=O)(=O)c2ccc(NC(=O)C3CC(=O)N(C4CCOCC4)C3)cc2)nc(C)n1. The van der Waals surface area contributed by atoms with Crippen LogP contribution in [0.1, 0.15) is 30.8 Å². The van der Waals surface area contributed by atoms with Gasteiger partial charge in [0, 0.05) is 49.7 Å². The summed E-state index contributed by atoms with van der Waals surface area (Å²) in [6.45, 7) is 5.09. The zero-order valence-electron chi connectivity index (χ0n) is 18.6. The van der Waals surface area contributed by atoms with Gasteiger partial charge in [-0.2, -0.15) is 0 Å². The highest BCUT2D eigenvalue weighted by Gasteiger charge is 2.38. The minimum absolute atomic E-state index is 0.00948. The van der Waals surface area contributed by atoms with Crippen LogP contribution in [0.15, 0.2) is 35.2 Å². The third-order valence-electron chi connectivity index (χ3n) is 5.80. The molecule has 10 nitrogen and oxygen atoms in total. The fourth-order valence-corrected chi connectivity index (χ4v) is 5.18. The molecule has 1 atom stereocenters. The molecule has 2 aliphatic heterocycles. The van der Waals surface area contributed by atoms with E-state index in [2.05, 4.69) is 20.0 Å². The molecule has 0 aliphatic carbocycles. The van der Waals surface area contributed by atoms with Crippen molar-refractivity contribution >= 4 is 33.3 Å². The van der Waals surface area contributed by atoms with Crippen molar-refractivity contribution in [3.8, 4) is 0 Å². The van der Waals surface area contributed by atoms with Gasteiger partial charge < -0.3 is 15.0 Å². The number of nitrogens with zero attached hydrogens (tertiary/aromatic N) is 3. The van der Waals surface area contributed by atoms with Gasteiger partial charge in [-0.3, -0.25) is 14.3 Å². The molecule has 3 heterocycles. The lowest BCUT2D eigenvalue weighted by atomic mass is 10.1. The minimum atomic E-state index is -3.85. The molecule has 11 heteroatoms. The van der Waals surface area contributed by atoms with Crippen molar-refractivity contribution in [2.24, 2.45) is 5.92 Å². The molecule has 2 N–H and O–H groups in total. The number of ether oxygens (including phenoxy) is 1. The van der Waals surface area contributed by atoms with Gasteiger partial charge in [0.1, 0.15) is 11.6 Å². The quantitative estimate of drug-likeness (QED) is 0.655. The Hall–Kier alpha value is -3.05. The maximum atomic E-state index is 12.7. The number of likely N-dealkylation sites (tertiary alicyclic amines) is 1. The van der Waals surface area contributed by atoms with E-state index in [9.17, 15) is 18.0 Å². The van der Waals surface area contributed by atoms with E-state index in [1.165, 1.54) is 24.3 Å². The summed E-state index contributed by atoms with van der Waals surface area (Å²) < 4.78 is 33.2. The summed E-state index contributed by atoms with van der Waals surface area (Å²) in [5.41, 5.74) is 1.11. The smallest absolute Gasteiger partial charge is 0.263 e. The molecular formula is C22H27N5O5S. The molecule has 0 spiro atoms. The first-order chi connectivity index (χ1) is 15.7. The van der Waals surface area contributed by atoms with E-state index in [-0.39, 0.29) is 35.0 Å². The average Bonchev–Trinajstić information content (AvgIpc) is 3.15. The van der Waals surface area contributed by atoms with E-state index in [1.54, 1.807) is 24.8 Å². The molecule has 1 aromatic carbocycles. The first-order valence-electron chi connectivity index (χ1n) is 10.8. The number of rotatable bonds is 6. The summed E-state index contributed by atoms with van der Waals surface area (Å²) in [6.07, 6.45) is 1.76. The summed E-state index contributed by atoms with van der Waals surface area (Å²) in [6, 6.07) is 7.54. The topological polar surface area (TPSA) is 131 Å². The molecule has 1 aromatic heterocycles. The lowest BCUT2D eigenvalue weighted by Crippen LogP contribution is -2.41. The van der Waals surface area contributed by atoms with Crippen LogP contribution in [0, 0.1) is 19.8 Å². The third kappa shape index (κ3) is 5.48. The number of hydrogen-bond donors (Lipinski definition) is 2. The van der Waals surface area contributed by atoms with Crippen molar-refractivity contribution < 1.29 is 22.7 Å². The molecule has 2 amide bonds. The first kappa shape index (κ1) is 23.1. The van der Waals surface area contributed by atoms with Gasteiger partial charge in [-0.25, -0.2) is 18.4 Å². The number of amides is 2. The van der Waals surface area contributed by atoms with Gasteiger partial charge >= 0.3 is 0 Å². The number of sulfonamides is 1. The number of benzene rings is 1. The zero-order chi connectivity index (χ0) is 23.6. The summed E-state index contributed by atoms with van der Waals surface area (Å²) in [5, 5.41) is 2.79. The number of anilines is 2. The Kier molecular flexibility index (Phi) is 6.61. The minimum Gasteiger partial charge on any atom is -0.381 e. The van der Waals surface area contributed by atoms with E-state index in [0.29, 0.717) is 37.0 Å². The molecule has 1 unspecified atom stereocenters. The first-order valence-corrected chi connectivity index (χ1v) is 12.3. The monoisotopic (exact) mass is 473 g/mol. The second kappa shape index (κ2) is 9.44. The fraction of sp³-hybridized carbons (Fsp3) is 0.455. The van der Waals surface area contributed by atoms with Crippen molar-refractivity contribution in [3.63, 3.8) is 0 Å². The van der Waals surface area contributed by atoms with E-state index < -0.39 is 15.9 Å². The molecule has 2 aliphatic rings. The lowest BCUT2D eigenvalue weighted by Gasteiger charge is -2.31. The van der Waals surface area contributed by atoms with Crippen LogP contribution in [0.5, 0.6) is 0 Å². The number of hydrogen-bond acceptors (Lipinski definition) is 7. The van der Waals surface area contributed by atoms with Gasteiger partial charge in [-0.15, -0.1) is 0 Å².